The van der Waals surface area contributed by atoms with Crippen LogP contribution in [-0.4, -0.2) is 5.91 Å². The van der Waals surface area contributed by atoms with E-state index in [1.807, 2.05) is 6.07 Å². The molecule has 2 N–H and O–H groups in total. The Balaban J connectivity index is 2.70. The average molecular weight is 240 g/mol. The molecule has 2 aromatic carbocycles. The molecule has 2 rings (SSSR count). The summed E-state index contributed by atoms with van der Waals surface area (Å²) < 4.78 is 13.1. The van der Waals surface area contributed by atoms with E-state index in [1.54, 1.807) is 24.3 Å². The number of hydrogen-bond donors (Lipinski definition) is 1. The Morgan fingerprint density at radius 2 is 1.89 bits per heavy atom. The number of nitrogens with two attached hydrogens (primary N) is 1. The Labute approximate surface area is 103 Å². The van der Waals surface area contributed by atoms with Crippen molar-refractivity contribution in [1.82, 2.24) is 0 Å². The van der Waals surface area contributed by atoms with Crippen LogP contribution in [0.5, 0.6) is 0 Å². The molecular formula is C14H9FN2O. The number of hydrogen-bond acceptors (Lipinski definition) is 2. The molecule has 88 valence electrons. The molecule has 0 aliphatic heterocycles. The first-order valence-corrected chi connectivity index (χ1v) is 5.22. The lowest BCUT2D eigenvalue weighted by molar-refractivity contribution is 0.100. The molecule has 0 fully saturated rings. The van der Waals surface area contributed by atoms with Crippen LogP contribution in [0.15, 0.2) is 42.5 Å². The molecule has 3 nitrogen and oxygen atoms in total. The summed E-state index contributed by atoms with van der Waals surface area (Å²) >= 11 is 0. The highest BCUT2D eigenvalue weighted by molar-refractivity contribution is 6.00. The lowest BCUT2D eigenvalue weighted by atomic mass is 9.95. The predicted octanol–water partition coefficient (Wildman–Crippen LogP) is 2.46. The SMILES string of the molecule is N#Cc1cc(F)ccc1-c1ccccc1C(N)=O. The number of carbonyl (C=O) groups excluding carboxylic acids is 1. The van der Waals surface area contributed by atoms with E-state index in [2.05, 4.69) is 0 Å². The highest BCUT2D eigenvalue weighted by Crippen LogP contribution is 2.27. The van der Waals surface area contributed by atoms with Gasteiger partial charge in [-0.15, -0.1) is 0 Å². The standard InChI is InChI=1S/C14H9FN2O/c15-10-5-6-11(9(7-10)8-16)12-3-1-2-4-13(12)14(17)18/h1-7H,(H2,17,18). The third kappa shape index (κ3) is 2.06. The molecule has 0 saturated heterocycles. The third-order valence-corrected chi connectivity index (χ3v) is 2.58. The molecule has 0 atom stereocenters. The minimum atomic E-state index is -0.584. The van der Waals surface area contributed by atoms with Crippen LogP contribution < -0.4 is 5.73 Å². The number of carbonyl (C=O) groups is 1. The van der Waals surface area contributed by atoms with Gasteiger partial charge in [-0.2, -0.15) is 5.26 Å². The summed E-state index contributed by atoms with van der Waals surface area (Å²) in [4.78, 5) is 11.3. The van der Waals surface area contributed by atoms with E-state index < -0.39 is 11.7 Å². The summed E-state index contributed by atoms with van der Waals surface area (Å²) in [6.45, 7) is 0. The molecule has 2 aromatic rings. The number of rotatable bonds is 2. The van der Waals surface area contributed by atoms with Crippen molar-refractivity contribution in [2.45, 2.75) is 0 Å². The zero-order chi connectivity index (χ0) is 13.1. The van der Waals surface area contributed by atoms with Gasteiger partial charge in [0.25, 0.3) is 0 Å². The maximum atomic E-state index is 13.1. The molecule has 18 heavy (non-hydrogen) atoms. The van der Waals surface area contributed by atoms with E-state index in [9.17, 15) is 9.18 Å². The van der Waals surface area contributed by atoms with Gasteiger partial charge in [-0.25, -0.2) is 4.39 Å². The van der Waals surface area contributed by atoms with Crippen LogP contribution in [-0.2, 0) is 0 Å². The summed E-state index contributed by atoms with van der Waals surface area (Å²) in [5.41, 5.74) is 6.78. The number of benzene rings is 2. The van der Waals surface area contributed by atoms with Crippen LogP contribution in [0.25, 0.3) is 11.1 Å². The fraction of sp³-hybridized carbons (Fsp3) is 0. The smallest absolute Gasteiger partial charge is 0.249 e. The largest absolute Gasteiger partial charge is 0.366 e. The Kier molecular flexibility index (Phi) is 3.07. The second-order valence-electron chi connectivity index (χ2n) is 3.71. The fourth-order valence-electron chi connectivity index (χ4n) is 1.78. The maximum Gasteiger partial charge on any atom is 0.249 e. The Bertz CT molecular complexity index is 659. The van der Waals surface area contributed by atoms with Gasteiger partial charge in [0.15, 0.2) is 0 Å². The van der Waals surface area contributed by atoms with Crippen molar-refractivity contribution in [1.29, 1.82) is 5.26 Å². The normalized spacial score (nSPS) is 9.78. The molecule has 0 heterocycles. The van der Waals surface area contributed by atoms with Gasteiger partial charge < -0.3 is 5.73 Å². The second kappa shape index (κ2) is 4.68. The van der Waals surface area contributed by atoms with Gasteiger partial charge in [0, 0.05) is 11.1 Å². The first kappa shape index (κ1) is 11.8. The summed E-state index contributed by atoms with van der Waals surface area (Å²) in [6, 6.07) is 12.4. The minimum absolute atomic E-state index is 0.170. The summed E-state index contributed by atoms with van der Waals surface area (Å²) in [5.74, 6) is -1.08. The molecular weight excluding hydrogens is 231 g/mol. The van der Waals surface area contributed by atoms with Crippen molar-refractivity contribution in [3.63, 3.8) is 0 Å². The molecule has 0 unspecified atom stereocenters. The maximum absolute atomic E-state index is 13.1. The van der Waals surface area contributed by atoms with Crippen LogP contribution in [0.3, 0.4) is 0 Å². The number of nitrogens with zero attached hydrogens (tertiary/aromatic N) is 1. The van der Waals surface area contributed by atoms with Crippen molar-refractivity contribution in [3.8, 4) is 17.2 Å². The second-order valence-corrected chi connectivity index (χ2v) is 3.71. The lowest BCUT2D eigenvalue weighted by Gasteiger charge is -2.08. The zero-order valence-corrected chi connectivity index (χ0v) is 9.35. The van der Waals surface area contributed by atoms with Crippen LogP contribution in [0.1, 0.15) is 15.9 Å². The van der Waals surface area contributed by atoms with E-state index in [0.717, 1.165) is 6.07 Å². The zero-order valence-electron chi connectivity index (χ0n) is 9.35. The highest BCUT2D eigenvalue weighted by Gasteiger charge is 2.12. The van der Waals surface area contributed by atoms with Crippen LogP contribution >= 0.6 is 0 Å². The van der Waals surface area contributed by atoms with Crippen molar-refractivity contribution in [2.24, 2.45) is 5.73 Å². The highest BCUT2D eigenvalue weighted by atomic mass is 19.1. The molecule has 0 aliphatic carbocycles. The van der Waals surface area contributed by atoms with Crippen LogP contribution in [0, 0.1) is 17.1 Å². The van der Waals surface area contributed by atoms with E-state index in [-0.39, 0.29) is 5.56 Å². The first-order valence-electron chi connectivity index (χ1n) is 5.22. The molecule has 0 aromatic heterocycles. The summed E-state index contributed by atoms with van der Waals surface area (Å²) in [5, 5.41) is 9.00. The molecule has 0 saturated carbocycles. The molecule has 0 aliphatic rings. The predicted molar refractivity (Wildman–Crippen MR) is 65.1 cm³/mol. The van der Waals surface area contributed by atoms with Gasteiger partial charge >= 0.3 is 0 Å². The van der Waals surface area contributed by atoms with E-state index in [1.165, 1.54) is 12.1 Å². The summed E-state index contributed by atoms with van der Waals surface area (Å²) in [6.07, 6.45) is 0. The Morgan fingerprint density at radius 1 is 1.17 bits per heavy atom. The molecule has 0 bridgehead atoms. The van der Waals surface area contributed by atoms with Gasteiger partial charge in [0.05, 0.1) is 11.6 Å². The molecule has 4 heteroatoms. The van der Waals surface area contributed by atoms with Crippen molar-refractivity contribution < 1.29 is 9.18 Å². The molecule has 0 spiro atoms. The van der Waals surface area contributed by atoms with Crippen molar-refractivity contribution in [3.05, 3.63) is 59.4 Å². The van der Waals surface area contributed by atoms with Gasteiger partial charge in [-0.3, -0.25) is 4.79 Å². The number of nitriles is 1. The topological polar surface area (TPSA) is 66.9 Å². The van der Waals surface area contributed by atoms with E-state index in [0.29, 0.717) is 16.7 Å². The lowest BCUT2D eigenvalue weighted by Crippen LogP contribution is -2.12. The minimum Gasteiger partial charge on any atom is -0.366 e. The summed E-state index contributed by atoms with van der Waals surface area (Å²) in [7, 11) is 0. The van der Waals surface area contributed by atoms with Gasteiger partial charge in [0.2, 0.25) is 5.91 Å². The van der Waals surface area contributed by atoms with E-state index >= 15 is 0 Å². The third-order valence-electron chi connectivity index (χ3n) is 2.58. The van der Waals surface area contributed by atoms with Gasteiger partial charge in [-0.05, 0) is 23.8 Å². The number of halogens is 1. The van der Waals surface area contributed by atoms with Crippen molar-refractivity contribution in [2.75, 3.05) is 0 Å². The number of amides is 1. The Hall–Kier alpha value is -2.67. The van der Waals surface area contributed by atoms with Crippen LogP contribution in [0.2, 0.25) is 0 Å². The number of primary amides is 1. The van der Waals surface area contributed by atoms with Crippen molar-refractivity contribution >= 4 is 5.91 Å². The average Bonchev–Trinajstić information content (AvgIpc) is 2.38. The van der Waals surface area contributed by atoms with Gasteiger partial charge in [0.1, 0.15) is 5.82 Å². The Morgan fingerprint density at radius 3 is 2.56 bits per heavy atom. The van der Waals surface area contributed by atoms with Crippen LogP contribution in [0.4, 0.5) is 4.39 Å². The molecule has 1 amide bonds. The van der Waals surface area contributed by atoms with E-state index in [4.69, 9.17) is 11.0 Å². The van der Waals surface area contributed by atoms with Gasteiger partial charge in [-0.1, -0.05) is 24.3 Å². The quantitative estimate of drug-likeness (QED) is 0.876. The fourth-order valence-corrected chi connectivity index (χ4v) is 1.78. The molecule has 0 radical (unpaired) electrons. The monoisotopic (exact) mass is 240 g/mol. The first-order chi connectivity index (χ1) is 8.63.